The van der Waals surface area contributed by atoms with E-state index in [1.807, 2.05) is 0 Å². The Bertz CT molecular complexity index is 296. The number of hydrogen-bond acceptors (Lipinski definition) is 3. The van der Waals surface area contributed by atoms with Crippen molar-refractivity contribution in [3.8, 4) is 0 Å². The Morgan fingerprint density at radius 2 is 1.89 bits per heavy atom. The van der Waals surface area contributed by atoms with E-state index < -0.39 is 0 Å². The number of aliphatic hydroxyl groups is 1. The van der Waals surface area contributed by atoms with E-state index in [4.69, 9.17) is 5.73 Å². The highest BCUT2D eigenvalue weighted by atomic mass is 16.3. The van der Waals surface area contributed by atoms with Gasteiger partial charge in [-0.05, 0) is 38.0 Å². The van der Waals surface area contributed by atoms with Gasteiger partial charge in [-0.1, -0.05) is 25.7 Å². The fourth-order valence-electron chi connectivity index (χ4n) is 3.50. The third kappa shape index (κ3) is 4.77. The zero-order valence-corrected chi connectivity index (χ0v) is 11.8. The number of amides is 1. The van der Waals surface area contributed by atoms with Gasteiger partial charge in [0.25, 0.3) is 0 Å². The number of hydrogen-bond donors (Lipinski definition) is 3. The van der Waals surface area contributed by atoms with Crippen LogP contribution in [0, 0.1) is 5.92 Å². The predicted octanol–water partition coefficient (Wildman–Crippen LogP) is 1.70. The third-order valence-electron chi connectivity index (χ3n) is 4.62. The van der Waals surface area contributed by atoms with Crippen LogP contribution in [0.2, 0.25) is 0 Å². The van der Waals surface area contributed by atoms with Crippen LogP contribution in [0.1, 0.15) is 64.2 Å². The van der Waals surface area contributed by atoms with E-state index in [0.717, 1.165) is 51.4 Å². The van der Waals surface area contributed by atoms with E-state index in [1.165, 1.54) is 6.42 Å². The van der Waals surface area contributed by atoms with E-state index in [9.17, 15) is 9.90 Å². The third-order valence-corrected chi connectivity index (χ3v) is 4.62. The molecule has 0 aromatic rings. The topological polar surface area (TPSA) is 75.4 Å². The molecule has 110 valence electrons. The molecule has 2 rings (SSSR count). The Balaban J connectivity index is 1.76. The van der Waals surface area contributed by atoms with Crippen molar-refractivity contribution in [2.75, 3.05) is 0 Å². The van der Waals surface area contributed by atoms with Crippen LogP contribution < -0.4 is 11.1 Å². The molecule has 4 atom stereocenters. The highest BCUT2D eigenvalue weighted by Gasteiger charge is 2.26. The summed E-state index contributed by atoms with van der Waals surface area (Å²) in [7, 11) is 0. The minimum absolute atomic E-state index is 0.0349. The summed E-state index contributed by atoms with van der Waals surface area (Å²) in [5.41, 5.74) is 5.96. The lowest BCUT2D eigenvalue weighted by molar-refractivity contribution is -0.123. The zero-order chi connectivity index (χ0) is 13.7. The second-order valence-electron chi connectivity index (χ2n) is 6.38. The second-order valence-corrected chi connectivity index (χ2v) is 6.38. The fourth-order valence-corrected chi connectivity index (χ4v) is 3.50. The summed E-state index contributed by atoms with van der Waals surface area (Å²) in [5.74, 6) is 0.539. The number of carbonyl (C=O) groups excluding carboxylic acids is 1. The average Bonchev–Trinajstić information content (AvgIpc) is 2.55. The van der Waals surface area contributed by atoms with E-state index in [-0.39, 0.29) is 24.1 Å². The summed E-state index contributed by atoms with van der Waals surface area (Å²) in [6.07, 6.45) is 9.63. The van der Waals surface area contributed by atoms with Gasteiger partial charge in [-0.15, -0.1) is 0 Å². The van der Waals surface area contributed by atoms with Crippen molar-refractivity contribution in [2.24, 2.45) is 11.7 Å². The van der Waals surface area contributed by atoms with Crippen molar-refractivity contribution in [1.29, 1.82) is 0 Å². The van der Waals surface area contributed by atoms with Gasteiger partial charge >= 0.3 is 0 Å². The Morgan fingerprint density at radius 1 is 1.11 bits per heavy atom. The quantitative estimate of drug-likeness (QED) is 0.682. The van der Waals surface area contributed by atoms with Crippen molar-refractivity contribution in [3.63, 3.8) is 0 Å². The van der Waals surface area contributed by atoms with Crippen molar-refractivity contribution < 1.29 is 9.90 Å². The van der Waals surface area contributed by atoms with Gasteiger partial charge in [0, 0.05) is 12.5 Å². The van der Waals surface area contributed by atoms with Crippen LogP contribution in [-0.2, 0) is 4.79 Å². The first-order valence-electron chi connectivity index (χ1n) is 7.88. The first kappa shape index (κ1) is 14.8. The predicted molar refractivity (Wildman–Crippen MR) is 75.6 cm³/mol. The molecule has 2 aliphatic rings. The normalized spacial score (nSPS) is 36.5. The van der Waals surface area contributed by atoms with Crippen LogP contribution in [-0.4, -0.2) is 29.2 Å². The molecule has 1 amide bonds. The number of nitrogens with two attached hydrogens (primary N) is 1. The molecule has 4 nitrogen and oxygen atoms in total. The molecular formula is C15H28N2O2. The zero-order valence-electron chi connectivity index (χ0n) is 11.8. The maximum atomic E-state index is 12.1. The van der Waals surface area contributed by atoms with Crippen molar-refractivity contribution in [3.05, 3.63) is 0 Å². The molecule has 0 aromatic carbocycles. The highest BCUT2D eigenvalue weighted by Crippen LogP contribution is 2.26. The van der Waals surface area contributed by atoms with Crippen LogP contribution in [0.15, 0.2) is 0 Å². The molecule has 2 fully saturated rings. The lowest BCUT2D eigenvalue weighted by Crippen LogP contribution is -2.43. The molecule has 2 aliphatic carbocycles. The van der Waals surface area contributed by atoms with E-state index in [2.05, 4.69) is 5.32 Å². The fraction of sp³-hybridized carbons (Fsp3) is 0.933. The molecule has 0 spiro atoms. The number of nitrogens with one attached hydrogen (secondary N) is 1. The van der Waals surface area contributed by atoms with Crippen LogP contribution in [0.4, 0.5) is 0 Å². The SMILES string of the molecule is NC1CCCC(CC(=O)NC2CCCCCC2O)C1. The summed E-state index contributed by atoms with van der Waals surface area (Å²) < 4.78 is 0. The van der Waals surface area contributed by atoms with Gasteiger partial charge in [-0.2, -0.15) is 0 Å². The Labute approximate surface area is 116 Å². The molecule has 0 aromatic heterocycles. The summed E-state index contributed by atoms with van der Waals surface area (Å²) in [6, 6.07) is 0.238. The lowest BCUT2D eigenvalue weighted by Gasteiger charge is -2.27. The van der Waals surface area contributed by atoms with Crippen LogP contribution in [0.25, 0.3) is 0 Å². The Kier molecular flexibility index (Phi) is 5.64. The van der Waals surface area contributed by atoms with E-state index in [1.54, 1.807) is 0 Å². The van der Waals surface area contributed by atoms with Gasteiger partial charge in [-0.25, -0.2) is 0 Å². The molecule has 19 heavy (non-hydrogen) atoms. The average molecular weight is 268 g/mol. The highest BCUT2D eigenvalue weighted by molar-refractivity contribution is 5.76. The molecule has 0 aliphatic heterocycles. The lowest BCUT2D eigenvalue weighted by atomic mass is 9.84. The van der Waals surface area contributed by atoms with Gasteiger partial charge in [0.1, 0.15) is 0 Å². The van der Waals surface area contributed by atoms with Gasteiger partial charge in [0.2, 0.25) is 5.91 Å². The maximum Gasteiger partial charge on any atom is 0.220 e. The van der Waals surface area contributed by atoms with E-state index in [0.29, 0.717) is 12.3 Å². The van der Waals surface area contributed by atoms with Crippen LogP contribution in [0.5, 0.6) is 0 Å². The van der Waals surface area contributed by atoms with Gasteiger partial charge in [0.15, 0.2) is 0 Å². The van der Waals surface area contributed by atoms with Gasteiger partial charge < -0.3 is 16.2 Å². The van der Waals surface area contributed by atoms with Gasteiger partial charge in [0.05, 0.1) is 12.1 Å². The Morgan fingerprint density at radius 3 is 2.68 bits per heavy atom. The molecule has 4 N–H and O–H groups in total. The maximum absolute atomic E-state index is 12.1. The molecule has 0 saturated heterocycles. The summed E-state index contributed by atoms with van der Waals surface area (Å²) >= 11 is 0. The largest absolute Gasteiger partial charge is 0.391 e. The Hall–Kier alpha value is -0.610. The summed E-state index contributed by atoms with van der Waals surface area (Å²) in [4.78, 5) is 12.1. The smallest absolute Gasteiger partial charge is 0.220 e. The molecular weight excluding hydrogens is 240 g/mol. The van der Waals surface area contributed by atoms with Crippen molar-refractivity contribution in [1.82, 2.24) is 5.32 Å². The monoisotopic (exact) mass is 268 g/mol. The van der Waals surface area contributed by atoms with Crippen molar-refractivity contribution >= 4 is 5.91 Å². The number of carbonyl (C=O) groups is 1. The molecule has 2 saturated carbocycles. The van der Waals surface area contributed by atoms with Crippen molar-refractivity contribution in [2.45, 2.75) is 82.4 Å². The van der Waals surface area contributed by atoms with Gasteiger partial charge in [-0.3, -0.25) is 4.79 Å². The molecule has 4 unspecified atom stereocenters. The first-order chi connectivity index (χ1) is 9.15. The molecule has 0 radical (unpaired) electrons. The second kappa shape index (κ2) is 7.25. The van der Waals surface area contributed by atoms with E-state index >= 15 is 0 Å². The minimum Gasteiger partial charge on any atom is -0.391 e. The molecule has 0 bridgehead atoms. The summed E-state index contributed by atoms with van der Waals surface area (Å²) in [6.45, 7) is 0. The van der Waals surface area contributed by atoms with Crippen LogP contribution in [0.3, 0.4) is 0 Å². The summed E-state index contributed by atoms with van der Waals surface area (Å²) in [5, 5.41) is 13.1. The minimum atomic E-state index is -0.361. The first-order valence-corrected chi connectivity index (χ1v) is 7.88. The number of rotatable bonds is 3. The number of aliphatic hydroxyl groups excluding tert-OH is 1. The molecule has 0 heterocycles. The molecule has 4 heteroatoms. The van der Waals surface area contributed by atoms with Crippen LogP contribution >= 0.6 is 0 Å². The standard InChI is InChI=1S/C15H28N2O2/c16-12-6-4-5-11(9-12)10-15(19)17-13-7-2-1-3-8-14(13)18/h11-14,18H,1-10,16H2,(H,17,19).